The fourth-order valence-electron chi connectivity index (χ4n) is 3.12. The second kappa shape index (κ2) is 9.73. The first kappa shape index (κ1) is 24.7. The molecule has 2 N–H and O–H groups in total. The van der Waals surface area contributed by atoms with Crippen LogP contribution in [0.4, 0.5) is 18.0 Å². The van der Waals surface area contributed by atoms with Crippen LogP contribution < -0.4 is 5.32 Å². The first-order chi connectivity index (χ1) is 14.3. The Hall–Kier alpha value is -2.54. The molecule has 31 heavy (non-hydrogen) atoms. The molecule has 2 aromatic carbocycles. The second-order valence-electron chi connectivity index (χ2n) is 9.13. The van der Waals surface area contributed by atoms with Crippen LogP contribution in [0.2, 0.25) is 0 Å². The second-order valence-corrected chi connectivity index (χ2v) is 9.13. The SMILES string of the molecule is CC(C)(C)OC(=O)NC(Cc1cccc(C(F)C(C)(C)F)c1)C(O)c1ccc(F)cc1. The summed E-state index contributed by atoms with van der Waals surface area (Å²) >= 11 is 0. The zero-order chi connectivity index (χ0) is 23.4. The van der Waals surface area contributed by atoms with Crippen molar-refractivity contribution in [3.05, 3.63) is 71.0 Å². The molecule has 2 rings (SSSR count). The van der Waals surface area contributed by atoms with Crippen LogP contribution >= 0.6 is 0 Å². The predicted molar refractivity (Wildman–Crippen MR) is 114 cm³/mol. The van der Waals surface area contributed by atoms with Crippen LogP contribution in [0.25, 0.3) is 0 Å². The molecule has 1 amide bonds. The van der Waals surface area contributed by atoms with E-state index in [-0.39, 0.29) is 12.0 Å². The standard InChI is InChI=1S/C24H30F3NO3/c1-23(2,3)31-22(30)28-19(20(29)16-9-11-18(25)12-10-16)14-15-7-6-8-17(13-15)21(26)24(4,5)27/h6-13,19-21,29H,14H2,1-5H3,(H,28,30). The maximum absolute atomic E-state index is 14.5. The van der Waals surface area contributed by atoms with Crippen molar-refractivity contribution < 1.29 is 27.8 Å². The van der Waals surface area contributed by atoms with E-state index in [1.54, 1.807) is 32.9 Å². The number of carbonyl (C=O) groups excluding carboxylic acids is 1. The van der Waals surface area contributed by atoms with E-state index in [0.29, 0.717) is 11.1 Å². The number of aliphatic hydroxyl groups excluding tert-OH is 1. The van der Waals surface area contributed by atoms with Crippen molar-refractivity contribution >= 4 is 6.09 Å². The molecule has 0 bridgehead atoms. The van der Waals surface area contributed by atoms with Crippen molar-refractivity contribution in [1.29, 1.82) is 0 Å². The van der Waals surface area contributed by atoms with E-state index in [9.17, 15) is 23.1 Å². The lowest BCUT2D eigenvalue weighted by atomic mass is 9.92. The largest absolute Gasteiger partial charge is 0.444 e. The van der Waals surface area contributed by atoms with Gasteiger partial charge in [-0.2, -0.15) is 0 Å². The average molecular weight is 438 g/mol. The fourth-order valence-corrected chi connectivity index (χ4v) is 3.12. The van der Waals surface area contributed by atoms with E-state index < -0.39 is 41.5 Å². The first-order valence-corrected chi connectivity index (χ1v) is 10.1. The summed E-state index contributed by atoms with van der Waals surface area (Å²) in [5.74, 6) is -0.455. The number of halogens is 3. The molecule has 2 aromatic rings. The molecule has 7 heteroatoms. The number of alkyl halides is 2. The monoisotopic (exact) mass is 437 g/mol. The molecule has 0 aliphatic rings. The zero-order valence-corrected chi connectivity index (χ0v) is 18.5. The Labute approximate surface area is 181 Å². The van der Waals surface area contributed by atoms with Crippen LogP contribution in [0, 0.1) is 5.82 Å². The Balaban J connectivity index is 2.30. The molecule has 0 fully saturated rings. The van der Waals surface area contributed by atoms with Gasteiger partial charge in [-0.15, -0.1) is 0 Å². The lowest BCUT2D eigenvalue weighted by molar-refractivity contribution is 0.0421. The number of hydrogen-bond acceptors (Lipinski definition) is 3. The van der Waals surface area contributed by atoms with Crippen molar-refractivity contribution in [2.75, 3.05) is 0 Å². The van der Waals surface area contributed by atoms with Gasteiger partial charge in [-0.1, -0.05) is 36.4 Å². The first-order valence-electron chi connectivity index (χ1n) is 10.1. The molecule has 0 saturated heterocycles. The highest BCUT2D eigenvalue weighted by molar-refractivity contribution is 5.68. The van der Waals surface area contributed by atoms with Gasteiger partial charge in [0.1, 0.15) is 17.1 Å². The van der Waals surface area contributed by atoms with Gasteiger partial charge in [0, 0.05) is 0 Å². The average Bonchev–Trinajstić information content (AvgIpc) is 2.65. The molecular formula is C24H30F3NO3. The van der Waals surface area contributed by atoms with E-state index >= 15 is 0 Å². The molecule has 0 radical (unpaired) electrons. The highest BCUT2D eigenvalue weighted by Gasteiger charge is 2.31. The number of carbonyl (C=O) groups is 1. The summed E-state index contributed by atoms with van der Waals surface area (Å²) in [7, 11) is 0. The minimum absolute atomic E-state index is 0.116. The Morgan fingerprint density at radius 2 is 1.68 bits per heavy atom. The summed E-state index contributed by atoms with van der Waals surface area (Å²) < 4.78 is 47.1. The third kappa shape index (κ3) is 7.58. The van der Waals surface area contributed by atoms with Gasteiger partial charge in [-0.25, -0.2) is 18.0 Å². The normalized spacial score (nSPS) is 15.1. The van der Waals surface area contributed by atoms with Gasteiger partial charge in [0.15, 0.2) is 6.17 Å². The quantitative estimate of drug-likeness (QED) is 0.580. The molecule has 3 unspecified atom stereocenters. The van der Waals surface area contributed by atoms with Crippen LogP contribution in [0.1, 0.15) is 63.6 Å². The van der Waals surface area contributed by atoms with Crippen LogP contribution in [0.5, 0.6) is 0 Å². The number of benzene rings is 2. The molecule has 0 spiro atoms. The maximum Gasteiger partial charge on any atom is 0.407 e. The van der Waals surface area contributed by atoms with Gasteiger partial charge in [-0.3, -0.25) is 0 Å². The highest BCUT2D eigenvalue weighted by Crippen LogP contribution is 2.33. The number of ether oxygens (including phenoxy) is 1. The summed E-state index contributed by atoms with van der Waals surface area (Å²) in [6.07, 6.45) is -3.63. The molecule has 0 heterocycles. The van der Waals surface area contributed by atoms with Gasteiger partial charge < -0.3 is 15.2 Å². The van der Waals surface area contributed by atoms with Crippen molar-refractivity contribution in [3.63, 3.8) is 0 Å². The number of nitrogens with one attached hydrogen (secondary N) is 1. The van der Waals surface area contributed by atoms with E-state index in [0.717, 1.165) is 13.8 Å². The molecular weight excluding hydrogens is 407 g/mol. The topological polar surface area (TPSA) is 58.6 Å². The smallest absolute Gasteiger partial charge is 0.407 e. The van der Waals surface area contributed by atoms with Gasteiger partial charge in [-0.05, 0) is 69.9 Å². The number of rotatable bonds is 7. The lowest BCUT2D eigenvalue weighted by Crippen LogP contribution is -2.43. The molecule has 0 aliphatic carbocycles. The van der Waals surface area contributed by atoms with Crippen LogP contribution in [-0.2, 0) is 11.2 Å². The van der Waals surface area contributed by atoms with E-state index in [1.807, 2.05) is 0 Å². The minimum atomic E-state index is -2.06. The van der Waals surface area contributed by atoms with Gasteiger partial charge in [0.05, 0.1) is 12.1 Å². The van der Waals surface area contributed by atoms with Crippen molar-refractivity contribution in [2.24, 2.45) is 0 Å². The Morgan fingerprint density at radius 3 is 2.23 bits per heavy atom. The maximum atomic E-state index is 14.5. The summed E-state index contributed by atoms with van der Waals surface area (Å²) in [6.45, 7) is 7.45. The molecule has 4 nitrogen and oxygen atoms in total. The van der Waals surface area contributed by atoms with Crippen LogP contribution in [0.3, 0.4) is 0 Å². The Kier molecular flexibility index (Phi) is 7.76. The number of hydrogen-bond donors (Lipinski definition) is 2. The number of alkyl carbamates (subject to hydrolysis) is 1. The number of amides is 1. The van der Waals surface area contributed by atoms with Crippen molar-refractivity contribution in [3.8, 4) is 0 Å². The fraction of sp³-hybridized carbons (Fsp3) is 0.458. The predicted octanol–water partition coefficient (Wildman–Crippen LogP) is 5.75. The summed E-state index contributed by atoms with van der Waals surface area (Å²) in [5.41, 5.74) is -1.65. The Morgan fingerprint density at radius 1 is 1.06 bits per heavy atom. The van der Waals surface area contributed by atoms with E-state index in [1.165, 1.54) is 36.4 Å². The summed E-state index contributed by atoms with van der Waals surface area (Å²) in [6, 6.07) is 10.7. The van der Waals surface area contributed by atoms with Crippen LogP contribution in [0.15, 0.2) is 48.5 Å². The van der Waals surface area contributed by atoms with Crippen molar-refractivity contribution in [2.45, 2.75) is 70.6 Å². The lowest BCUT2D eigenvalue weighted by Gasteiger charge is -2.27. The summed E-state index contributed by atoms with van der Waals surface area (Å²) in [4.78, 5) is 12.3. The van der Waals surface area contributed by atoms with Crippen LogP contribution in [-0.4, -0.2) is 28.5 Å². The minimum Gasteiger partial charge on any atom is -0.444 e. The van der Waals surface area contributed by atoms with Gasteiger partial charge in [0.2, 0.25) is 0 Å². The van der Waals surface area contributed by atoms with Gasteiger partial charge in [0.25, 0.3) is 0 Å². The zero-order valence-electron chi connectivity index (χ0n) is 18.5. The molecule has 170 valence electrons. The number of aliphatic hydroxyl groups is 1. The van der Waals surface area contributed by atoms with Gasteiger partial charge >= 0.3 is 6.09 Å². The molecule has 0 aromatic heterocycles. The molecule has 0 aliphatic heterocycles. The van der Waals surface area contributed by atoms with E-state index in [2.05, 4.69) is 5.32 Å². The summed E-state index contributed by atoms with van der Waals surface area (Å²) in [5, 5.41) is 13.5. The molecule has 3 atom stereocenters. The Bertz CT molecular complexity index is 873. The third-order valence-electron chi connectivity index (χ3n) is 4.60. The third-order valence-corrected chi connectivity index (χ3v) is 4.60. The van der Waals surface area contributed by atoms with Crippen molar-refractivity contribution in [1.82, 2.24) is 5.32 Å². The highest BCUT2D eigenvalue weighted by atomic mass is 19.2. The van der Waals surface area contributed by atoms with E-state index in [4.69, 9.17) is 4.74 Å². The molecule has 0 saturated carbocycles.